The van der Waals surface area contributed by atoms with Gasteiger partial charge >= 0.3 is 11.9 Å². The van der Waals surface area contributed by atoms with Gasteiger partial charge in [0.25, 0.3) is 0 Å². The lowest BCUT2D eigenvalue weighted by Gasteiger charge is -2.20. The van der Waals surface area contributed by atoms with E-state index in [1.165, 1.54) is 7.11 Å². The number of carbonyl (C=O) groups excluding carboxylic acids is 2. The molecule has 0 saturated carbocycles. The molecule has 35 heavy (non-hydrogen) atoms. The molecule has 184 valence electrons. The molecule has 2 aromatic carbocycles. The van der Waals surface area contributed by atoms with E-state index >= 15 is 0 Å². The first-order valence-corrected chi connectivity index (χ1v) is 11.9. The molecule has 3 aromatic rings. The molecule has 2 N–H and O–H groups in total. The average Bonchev–Trinajstić information content (AvgIpc) is 2.83. The van der Waals surface area contributed by atoms with Gasteiger partial charge in [-0.1, -0.05) is 55.8 Å². The molecule has 0 fully saturated rings. The predicted octanol–water partition coefficient (Wildman–Crippen LogP) is 5.21. The molecule has 0 aliphatic rings. The molecule has 6 nitrogen and oxygen atoms in total. The van der Waals surface area contributed by atoms with Crippen molar-refractivity contribution in [1.29, 1.82) is 0 Å². The summed E-state index contributed by atoms with van der Waals surface area (Å²) in [5.41, 5.74) is 13.4. The summed E-state index contributed by atoms with van der Waals surface area (Å²) < 4.78 is 10.4. The fourth-order valence-corrected chi connectivity index (χ4v) is 4.12. The Bertz CT molecular complexity index is 1180. The molecule has 0 atom stereocenters. The van der Waals surface area contributed by atoms with E-state index in [0.29, 0.717) is 29.2 Å². The van der Waals surface area contributed by atoms with Crippen LogP contribution in [-0.2, 0) is 28.9 Å². The van der Waals surface area contributed by atoms with Gasteiger partial charge in [0, 0.05) is 24.2 Å². The maximum Gasteiger partial charge on any atom is 0.340 e. The molecule has 3 rings (SSSR count). The number of hydrogen-bond donors (Lipinski definition) is 1. The summed E-state index contributed by atoms with van der Waals surface area (Å²) in [5.74, 6) is -0.393. The van der Waals surface area contributed by atoms with Crippen LogP contribution in [0.4, 0.5) is 0 Å². The molecule has 1 heterocycles. The molecule has 0 spiro atoms. The van der Waals surface area contributed by atoms with E-state index in [4.69, 9.17) is 20.2 Å². The average molecular weight is 475 g/mol. The Morgan fingerprint density at radius 1 is 0.971 bits per heavy atom. The van der Waals surface area contributed by atoms with E-state index in [1.54, 1.807) is 12.1 Å². The minimum absolute atomic E-state index is 0.203. The highest BCUT2D eigenvalue weighted by Crippen LogP contribution is 2.33. The van der Waals surface area contributed by atoms with Gasteiger partial charge in [0.2, 0.25) is 0 Å². The molecule has 1 aromatic heterocycles. The number of hydrogen-bond acceptors (Lipinski definition) is 6. The van der Waals surface area contributed by atoms with Crippen molar-refractivity contribution in [2.75, 3.05) is 13.7 Å². The maximum atomic E-state index is 13.3. The van der Waals surface area contributed by atoms with Crippen molar-refractivity contribution in [2.24, 2.45) is 11.7 Å². The van der Waals surface area contributed by atoms with Gasteiger partial charge in [-0.3, -0.25) is 4.98 Å². The number of methoxy groups -OCH3 is 1. The summed E-state index contributed by atoms with van der Waals surface area (Å²) in [6.07, 6.45) is 1.30. The number of carbonyl (C=O) groups is 2. The minimum atomic E-state index is -0.414. The van der Waals surface area contributed by atoms with Crippen LogP contribution in [0.1, 0.15) is 62.6 Å². The molecular weight excluding hydrogens is 440 g/mol. The van der Waals surface area contributed by atoms with Gasteiger partial charge in [0.15, 0.2) is 0 Å². The van der Waals surface area contributed by atoms with E-state index in [-0.39, 0.29) is 19.1 Å². The van der Waals surface area contributed by atoms with E-state index in [2.05, 4.69) is 13.8 Å². The number of rotatable bonds is 9. The number of ether oxygens (including phenoxy) is 2. The summed E-state index contributed by atoms with van der Waals surface area (Å²) >= 11 is 0. The third-order valence-corrected chi connectivity index (χ3v) is 5.91. The summed E-state index contributed by atoms with van der Waals surface area (Å²) in [6, 6.07) is 15.2. The normalized spacial score (nSPS) is 10.9. The first-order valence-electron chi connectivity index (χ1n) is 11.9. The highest BCUT2D eigenvalue weighted by molar-refractivity contribution is 5.99. The quantitative estimate of drug-likeness (QED) is 0.428. The zero-order valence-electron chi connectivity index (χ0n) is 21.2. The molecule has 0 amide bonds. The van der Waals surface area contributed by atoms with E-state index < -0.39 is 5.97 Å². The minimum Gasteiger partial charge on any atom is -0.465 e. The topological polar surface area (TPSA) is 91.5 Å². The Kier molecular flexibility index (Phi) is 8.77. The first kappa shape index (κ1) is 26.1. The number of benzene rings is 2. The van der Waals surface area contributed by atoms with Gasteiger partial charge < -0.3 is 15.2 Å². The van der Waals surface area contributed by atoms with Crippen molar-refractivity contribution >= 4 is 11.9 Å². The molecule has 0 aliphatic heterocycles. The standard InChI is InChI=1S/C29H34N2O4/c1-18(2)16-25-24(17-30)27(22-10-6-19(3)7-11-22)26(20(4)31-25)29(33)35-15-14-21-8-12-23(13-9-21)28(32)34-5/h6-13,18H,14-17,30H2,1-5H3. The number of nitrogens with two attached hydrogens (primary N) is 1. The van der Waals surface area contributed by atoms with Crippen LogP contribution in [0.15, 0.2) is 48.5 Å². The first-order chi connectivity index (χ1) is 16.7. The lowest BCUT2D eigenvalue weighted by atomic mass is 9.90. The van der Waals surface area contributed by atoms with Gasteiger partial charge in [-0.2, -0.15) is 0 Å². The van der Waals surface area contributed by atoms with Crippen molar-refractivity contribution in [3.8, 4) is 11.1 Å². The smallest absolute Gasteiger partial charge is 0.340 e. The van der Waals surface area contributed by atoms with E-state index in [9.17, 15) is 9.59 Å². The highest BCUT2D eigenvalue weighted by atomic mass is 16.5. The lowest BCUT2D eigenvalue weighted by Crippen LogP contribution is -2.18. The van der Waals surface area contributed by atoms with Crippen molar-refractivity contribution in [1.82, 2.24) is 4.98 Å². The summed E-state index contributed by atoms with van der Waals surface area (Å²) in [4.78, 5) is 29.7. The summed E-state index contributed by atoms with van der Waals surface area (Å²) in [6.45, 7) is 8.65. The SMILES string of the molecule is COC(=O)c1ccc(CCOC(=O)c2c(C)nc(CC(C)C)c(CN)c2-c2ccc(C)cc2)cc1. The third-order valence-electron chi connectivity index (χ3n) is 5.91. The largest absolute Gasteiger partial charge is 0.465 e. The van der Waals surface area contributed by atoms with Gasteiger partial charge in [-0.25, -0.2) is 9.59 Å². The van der Waals surface area contributed by atoms with Gasteiger partial charge in [0.05, 0.1) is 30.5 Å². The number of nitrogens with zero attached hydrogens (tertiary/aromatic N) is 1. The third kappa shape index (κ3) is 6.34. The van der Waals surface area contributed by atoms with Crippen molar-refractivity contribution in [2.45, 2.75) is 47.1 Å². The van der Waals surface area contributed by atoms with Crippen LogP contribution in [0, 0.1) is 19.8 Å². The number of pyridine rings is 1. The monoisotopic (exact) mass is 474 g/mol. The van der Waals surface area contributed by atoms with E-state index in [1.807, 2.05) is 50.2 Å². The van der Waals surface area contributed by atoms with Crippen LogP contribution in [0.25, 0.3) is 11.1 Å². The van der Waals surface area contributed by atoms with Crippen molar-refractivity contribution in [3.63, 3.8) is 0 Å². The lowest BCUT2D eigenvalue weighted by molar-refractivity contribution is 0.0508. The predicted molar refractivity (Wildman–Crippen MR) is 137 cm³/mol. The van der Waals surface area contributed by atoms with Crippen LogP contribution in [0.3, 0.4) is 0 Å². The molecule has 0 aliphatic carbocycles. The molecule has 0 bridgehead atoms. The van der Waals surface area contributed by atoms with Crippen molar-refractivity contribution in [3.05, 3.63) is 87.7 Å². The van der Waals surface area contributed by atoms with Crippen LogP contribution in [0.2, 0.25) is 0 Å². The molecule has 0 saturated heterocycles. The Hall–Kier alpha value is -3.51. The van der Waals surface area contributed by atoms with Gasteiger partial charge in [0.1, 0.15) is 0 Å². The molecule has 6 heteroatoms. The highest BCUT2D eigenvalue weighted by Gasteiger charge is 2.24. The van der Waals surface area contributed by atoms with Crippen LogP contribution in [-0.4, -0.2) is 30.6 Å². The van der Waals surface area contributed by atoms with Crippen LogP contribution in [0.5, 0.6) is 0 Å². The van der Waals surface area contributed by atoms with Crippen LogP contribution >= 0.6 is 0 Å². The van der Waals surface area contributed by atoms with Crippen LogP contribution < -0.4 is 5.73 Å². The number of esters is 2. The molecule has 0 radical (unpaired) electrons. The van der Waals surface area contributed by atoms with Gasteiger partial charge in [-0.05, 0) is 55.0 Å². The van der Waals surface area contributed by atoms with E-state index in [0.717, 1.165) is 39.9 Å². The Morgan fingerprint density at radius 3 is 2.20 bits per heavy atom. The Morgan fingerprint density at radius 2 is 1.63 bits per heavy atom. The second kappa shape index (κ2) is 11.8. The fraction of sp³-hybridized carbons (Fsp3) is 0.345. The van der Waals surface area contributed by atoms with Crippen molar-refractivity contribution < 1.29 is 19.1 Å². The number of aromatic nitrogens is 1. The maximum absolute atomic E-state index is 13.3. The zero-order chi connectivity index (χ0) is 25.5. The fourth-order valence-electron chi connectivity index (χ4n) is 4.12. The summed E-state index contributed by atoms with van der Waals surface area (Å²) in [5, 5.41) is 0. The second-order valence-corrected chi connectivity index (χ2v) is 9.12. The zero-order valence-corrected chi connectivity index (χ0v) is 21.2. The Labute approximate surface area is 207 Å². The summed E-state index contributed by atoms with van der Waals surface area (Å²) in [7, 11) is 1.35. The Balaban J connectivity index is 1.90. The molecular formula is C29H34N2O4. The molecule has 0 unspecified atom stereocenters. The van der Waals surface area contributed by atoms with Gasteiger partial charge in [-0.15, -0.1) is 0 Å². The second-order valence-electron chi connectivity index (χ2n) is 9.12. The number of aryl methyl sites for hydroxylation is 2.